The van der Waals surface area contributed by atoms with Gasteiger partial charge in [-0.3, -0.25) is 0 Å². The van der Waals surface area contributed by atoms with Crippen LogP contribution in [0.1, 0.15) is 30.6 Å². The first-order valence-corrected chi connectivity index (χ1v) is 6.01. The first-order chi connectivity index (χ1) is 8.37. The summed E-state index contributed by atoms with van der Waals surface area (Å²) in [6.07, 6.45) is 0.597. The van der Waals surface area contributed by atoms with Crippen molar-refractivity contribution in [2.45, 2.75) is 25.9 Å². The number of esters is 1. The summed E-state index contributed by atoms with van der Waals surface area (Å²) in [6, 6.07) is 4.90. The van der Waals surface area contributed by atoms with Gasteiger partial charge in [0, 0.05) is 19.2 Å². The Morgan fingerprint density at radius 1 is 1.44 bits per heavy atom. The van der Waals surface area contributed by atoms with Crippen molar-refractivity contribution < 1.29 is 14.3 Å². The molecule has 2 N–H and O–H groups in total. The second kappa shape index (κ2) is 6.07. The third kappa shape index (κ3) is 3.89. The molecule has 5 heteroatoms. The highest BCUT2D eigenvalue weighted by atomic mass is 35.5. The van der Waals surface area contributed by atoms with Crippen molar-refractivity contribution >= 4 is 23.3 Å². The van der Waals surface area contributed by atoms with Crippen LogP contribution >= 0.6 is 11.6 Å². The first kappa shape index (κ1) is 14.8. The van der Waals surface area contributed by atoms with Crippen molar-refractivity contribution in [3.05, 3.63) is 28.8 Å². The van der Waals surface area contributed by atoms with Crippen LogP contribution in [0.5, 0.6) is 0 Å². The Bertz CT molecular complexity index is 412. The van der Waals surface area contributed by atoms with Crippen molar-refractivity contribution in [3.8, 4) is 0 Å². The van der Waals surface area contributed by atoms with E-state index in [1.165, 1.54) is 0 Å². The minimum atomic E-state index is -0.509. The van der Waals surface area contributed by atoms with E-state index < -0.39 is 5.97 Å². The standard InChI is InChI=1S/C13H18ClNO3/c1-13(2,17-3)7-8-18-12(16)11-9(14)5-4-6-10(11)15/h4-6H,7-8,15H2,1-3H3. The van der Waals surface area contributed by atoms with Crippen LogP contribution in [0.4, 0.5) is 5.69 Å². The molecule has 1 rings (SSSR count). The van der Waals surface area contributed by atoms with E-state index in [4.69, 9.17) is 26.8 Å². The number of halogens is 1. The third-order valence-corrected chi connectivity index (χ3v) is 3.05. The molecule has 0 amide bonds. The first-order valence-electron chi connectivity index (χ1n) is 5.63. The molecule has 0 aliphatic carbocycles. The summed E-state index contributed by atoms with van der Waals surface area (Å²) in [6.45, 7) is 4.10. The molecule has 0 aliphatic heterocycles. The van der Waals surface area contributed by atoms with E-state index in [0.29, 0.717) is 17.1 Å². The van der Waals surface area contributed by atoms with Gasteiger partial charge in [0.2, 0.25) is 0 Å². The predicted octanol–water partition coefficient (Wildman–Crippen LogP) is 2.89. The lowest BCUT2D eigenvalue weighted by molar-refractivity contribution is -0.00559. The topological polar surface area (TPSA) is 61.5 Å². The van der Waals surface area contributed by atoms with Gasteiger partial charge in [0.05, 0.1) is 17.2 Å². The van der Waals surface area contributed by atoms with Crippen LogP contribution < -0.4 is 5.73 Å². The highest BCUT2D eigenvalue weighted by Crippen LogP contribution is 2.23. The fraction of sp³-hybridized carbons (Fsp3) is 0.462. The van der Waals surface area contributed by atoms with E-state index in [-0.39, 0.29) is 17.8 Å². The van der Waals surface area contributed by atoms with Gasteiger partial charge in [0.25, 0.3) is 0 Å². The molecule has 0 saturated heterocycles. The Morgan fingerprint density at radius 2 is 2.11 bits per heavy atom. The number of benzene rings is 1. The monoisotopic (exact) mass is 271 g/mol. The van der Waals surface area contributed by atoms with E-state index in [0.717, 1.165) is 0 Å². The quantitative estimate of drug-likeness (QED) is 0.661. The van der Waals surface area contributed by atoms with Gasteiger partial charge in [-0.05, 0) is 26.0 Å². The predicted molar refractivity (Wildman–Crippen MR) is 71.9 cm³/mol. The minimum absolute atomic E-state index is 0.217. The highest BCUT2D eigenvalue weighted by molar-refractivity contribution is 6.34. The summed E-state index contributed by atoms with van der Waals surface area (Å²) >= 11 is 5.91. The molecule has 4 nitrogen and oxygen atoms in total. The average Bonchev–Trinajstić information content (AvgIpc) is 2.28. The van der Waals surface area contributed by atoms with E-state index in [1.807, 2.05) is 13.8 Å². The molecule has 0 bridgehead atoms. The molecule has 0 heterocycles. The molecule has 0 unspecified atom stereocenters. The fourth-order valence-electron chi connectivity index (χ4n) is 1.32. The van der Waals surface area contributed by atoms with Gasteiger partial charge in [-0.1, -0.05) is 17.7 Å². The SMILES string of the molecule is COC(C)(C)CCOC(=O)c1c(N)cccc1Cl. The molecule has 1 aromatic rings. The molecule has 0 saturated carbocycles. The Morgan fingerprint density at radius 3 is 2.67 bits per heavy atom. The summed E-state index contributed by atoms with van der Waals surface area (Å²) in [4.78, 5) is 11.8. The molecule has 18 heavy (non-hydrogen) atoms. The van der Waals surface area contributed by atoms with E-state index in [1.54, 1.807) is 25.3 Å². The third-order valence-electron chi connectivity index (χ3n) is 2.74. The summed E-state index contributed by atoms with van der Waals surface area (Å²) in [5.41, 5.74) is 5.90. The van der Waals surface area contributed by atoms with Gasteiger partial charge in [-0.25, -0.2) is 4.79 Å². The average molecular weight is 272 g/mol. The number of hydrogen-bond acceptors (Lipinski definition) is 4. The number of carbonyl (C=O) groups is 1. The molecule has 0 spiro atoms. The van der Waals surface area contributed by atoms with Gasteiger partial charge in [0.1, 0.15) is 5.56 Å². The Kier molecular flexibility index (Phi) is 4.99. The molecular weight excluding hydrogens is 254 g/mol. The van der Waals surface area contributed by atoms with Crippen molar-refractivity contribution in [2.24, 2.45) is 0 Å². The van der Waals surface area contributed by atoms with Crippen LogP contribution in [0, 0.1) is 0 Å². The molecule has 1 aromatic carbocycles. The van der Waals surface area contributed by atoms with Crippen LogP contribution in [0.2, 0.25) is 5.02 Å². The molecule has 0 aromatic heterocycles. The van der Waals surface area contributed by atoms with Gasteiger partial charge in [0.15, 0.2) is 0 Å². The van der Waals surface area contributed by atoms with Gasteiger partial charge in [-0.2, -0.15) is 0 Å². The normalized spacial score (nSPS) is 11.3. The number of hydrogen-bond donors (Lipinski definition) is 1. The van der Waals surface area contributed by atoms with Crippen molar-refractivity contribution in [1.29, 1.82) is 0 Å². The smallest absolute Gasteiger partial charge is 0.341 e. The molecule has 0 fully saturated rings. The van der Waals surface area contributed by atoms with Gasteiger partial charge in [-0.15, -0.1) is 0 Å². The lowest BCUT2D eigenvalue weighted by Gasteiger charge is -2.22. The van der Waals surface area contributed by atoms with E-state index in [9.17, 15) is 4.79 Å². The fourth-order valence-corrected chi connectivity index (χ4v) is 1.58. The lowest BCUT2D eigenvalue weighted by atomic mass is 10.1. The van der Waals surface area contributed by atoms with Crippen LogP contribution in [0.3, 0.4) is 0 Å². The lowest BCUT2D eigenvalue weighted by Crippen LogP contribution is -2.25. The maximum absolute atomic E-state index is 11.8. The summed E-state index contributed by atoms with van der Waals surface area (Å²) < 4.78 is 10.4. The Hall–Kier alpha value is -1.26. The number of nitrogen functional groups attached to an aromatic ring is 1. The highest BCUT2D eigenvalue weighted by Gasteiger charge is 2.19. The number of carbonyl (C=O) groups excluding carboxylic acids is 1. The number of methoxy groups -OCH3 is 1. The molecule has 0 aliphatic rings. The maximum Gasteiger partial charge on any atom is 0.341 e. The van der Waals surface area contributed by atoms with Crippen LogP contribution in [0.15, 0.2) is 18.2 Å². The number of ether oxygens (including phenoxy) is 2. The van der Waals surface area contributed by atoms with Crippen molar-refractivity contribution in [1.82, 2.24) is 0 Å². The van der Waals surface area contributed by atoms with E-state index in [2.05, 4.69) is 0 Å². The maximum atomic E-state index is 11.8. The van der Waals surface area contributed by atoms with Crippen LogP contribution in [0.25, 0.3) is 0 Å². The molecule has 100 valence electrons. The second-order valence-corrected chi connectivity index (χ2v) is 4.96. The van der Waals surface area contributed by atoms with Gasteiger partial charge < -0.3 is 15.2 Å². The second-order valence-electron chi connectivity index (χ2n) is 4.55. The Labute approximate surface area is 112 Å². The Balaban J connectivity index is 2.62. The van der Waals surface area contributed by atoms with Crippen LogP contribution in [-0.2, 0) is 9.47 Å². The number of rotatable bonds is 5. The molecular formula is C13H18ClNO3. The summed E-state index contributed by atoms with van der Waals surface area (Å²) in [7, 11) is 1.62. The van der Waals surface area contributed by atoms with Crippen molar-refractivity contribution in [2.75, 3.05) is 19.5 Å². The zero-order chi connectivity index (χ0) is 13.8. The minimum Gasteiger partial charge on any atom is -0.462 e. The van der Waals surface area contributed by atoms with Crippen molar-refractivity contribution in [3.63, 3.8) is 0 Å². The summed E-state index contributed by atoms with van der Waals surface area (Å²) in [5.74, 6) is -0.509. The van der Waals surface area contributed by atoms with Gasteiger partial charge >= 0.3 is 5.97 Å². The molecule has 0 atom stereocenters. The molecule has 0 radical (unpaired) electrons. The largest absolute Gasteiger partial charge is 0.462 e. The summed E-state index contributed by atoms with van der Waals surface area (Å²) in [5, 5.41) is 0.297. The van der Waals surface area contributed by atoms with E-state index >= 15 is 0 Å². The number of nitrogens with two attached hydrogens (primary N) is 1. The number of anilines is 1. The zero-order valence-corrected chi connectivity index (χ0v) is 11.6. The van der Waals surface area contributed by atoms with Crippen LogP contribution in [-0.4, -0.2) is 25.3 Å². The zero-order valence-electron chi connectivity index (χ0n) is 10.8.